The zero-order valence-electron chi connectivity index (χ0n) is 14.7. The van der Waals surface area contributed by atoms with Crippen LogP contribution in [0.2, 0.25) is 0 Å². The highest BCUT2D eigenvalue weighted by atomic mass is 15.3. The van der Waals surface area contributed by atoms with Crippen LogP contribution in [0.4, 0.5) is 5.69 Å². The van der Waals surface area contributed by atoms with Gasteiger partial charge in [0.05, 0.1) is 29.9 Å². The van der Waals surface area contributed by atoms with Gasteiger partial charge in [-0.3, -0.25) is 4.98 Å². The largest absolute Gasteiger partial charge is 0.385 e. The first-order valence-electron chi connectivity index (χ1n) is 8.77. The molecule has 4 heterocycles. The quantitative estimate of drug-likeness (QED) is 0.820. The van der Waals surface area contributed by atoms with Crippen LogP contribution in [-0.4, -0.2) is 32.8 Å². The minimum absolute atomic E-state index is 0.530. The Morgan fingerprint density at radius 2 is 1.92 bits per heavy atom. The molecule has 1 fully saturated rings. The Morgan fingerprint density at radius 3 is 2.62 bits per heavy atom. The minimum Gasteiger partial charge on any atom is -0.385 e. The first kappa shape index (κ1) is 16.3. The van der Waals surface area contributed by atoms with Gasteiger partial charge in [0.2, 0.25) is 0 Å². The average Bonchev–Trinajstić information content (AvgIpc) is 3.38. The summed E-state index contributed by atoms with van der Waals surface area (Å²) in [5, 5.41) is 4.61. The zero-order chi connectivity index (χ0) is 18.1. The topological polar surface area (TPSA) is 89.2 Å². The van der Waals surface area contributed by atoms with Gasteiger partial charge < -0.3 is 21.3 Å². The molecule has 4 N–H and O–H groups in total. The van der Waals surface area contributed by atoms with Crippen molar-refractivity contribution in [3.05, 3.63) is 66.5 Å². The van der Waals surface area contributed by atoms with E-state index in [2.05, 4.69) is 26.5 Å². The summed E-state index contributed by atoms with van der Waals surface area (Å²) in [6, 6.07) is 3.93. The van der Waals surface area contributed by atoms with E-state index in [0.717, 1.165) is 41.6 Å². The number of nitrogens with zero attached hydrogens (tertiary/aromatic N) is 5. The van der Waals surface area contributed by atoms with Crippen LogP contribution in [0, 0.1) is 0 Å². The summed E-state index contributed by atoms with van der Waals surface area (Å²) in [6.45, 7) is 6.88. The third-order valence-electron chi connectivity index (χ3n) is 4.85. The first-order valence-corrected chi connectivity index (χ1v) is 8.77. The minimum atomic E-state index is 0.530. The highest BCUT2D eigenvalue weighted by molar-refractivity contribution is 5.82. The third kappa shape index (κ3) is 2.92. The van der Waals surface area contributed by atoms with Crippen molar-refractivity contribution in [2.75, 3.05) is 18.0 Å². The van der Waals surface area contributed by atoms with Gasteiger partial charge in [0.25, 0.3) is 0 Å². The van der Waals surface area contributed by atoms with E-state index in [-0.39, 0.29) is 0 Å². The summed E-state index contributed by atoms with van der Waals surface area (Å²) in [5.74, 6) is 1.28. The number of nitrogens with two attached hydrogens (primary N) is 2. The lowest BCUT2D eigenvalue weighted by Gasteiger charge is -2.19. The van der Waals surface area contributed by atoms with Gasteiger partial charge in [-0.15, -0.1) is 0 Å². The van der Waals surface area contributed by atoms with Crippen molar-refractivity contribution in [1.82, 2.24) is 19.7 Å². The molecule has 4 rings (SSSR count). The molecule has 0 aliphatic carbocycles. The van der Waals surface area contributed by atoms with Gasteiger partial charge in [-0.2, -0.15) is 5.10 Å². The summed E-state index contributed by atoms with van der Waals surface area (Å²) in [5.41, 5.74) is 16.2. The number of allylic oxidation sites excluding steroid dienone is 2. The highest BCUT2D eigenvalue weighted by Crippen LogP contribution is 2.34. The number of hydrogen-bond donors (Lipinski definition) is 2. The van der Waals surface area contributed by atoms with E-state index >= 15 is 0 Å². The Balaban J connectivity index is 1.51. The fourth-order valence-corrected chi connectivity index (χ4v) is 3.38. The van der Waals surface area contributed by atoms with Crippen LogP contribution < -0.4 is 16.4 Å². The number of aromatic nitrogens is 3. The van der Waals surface area contributed by atoms with Crippen LogP contribution in [0.15, 0.2) is 55.3 Å². The molecule has 0 unspecified atom stereocenters. The van der Waals surface area contributed by atoms with Crippen molar-refractivity contribution in [1.29, 1.82) is 0 Å². The lowest BCUT2D eigenvalue weighted by Crippen LogP contribution is -2.24. The number of likely N-dealkylation sites (tertiary alicyclic amines) is 1. The van der Waals surface area contributed by atoms with Gasteiger partial charge in [0.15, 0.2) is 0 Å². The Labute approximate surface area is 152 Å². The molecule has 0 amide bonds. The Hall–Kier alpha value is -3.22. The van der Waals surface area contributed by atoms with E-state index in [1.807, 2.05) is 30.6 Å². The standard InChI is InChI=1S/C19H23N7/c1-14-16-12-26(19(21)7-6-18(20)24-9-2-3-10-24)23-17(16)13-25(14)15-5-4-8-22-11-15/h4-8,11-12H,1-3,9-10,13,20-21H2/b18-6+,19-7+. The predicted molar refractivity (Wildman–Crippen MR) is 103 cm³/mol. The first-order chi connectivity index (χ1) is 12.6. The van der Waals surface area contributed by atoms with Crippen molar-refractivity contribution in [3.8, 4) is 0 Å². The van der Waals surface area contributed by atoms with Crippen LogP contribution in [0.5, 0.6) is 0 Å². The summed E-state index contributed by atoms with van der Waals surface area (Å²) >= 11 is 0. The normalized spacial score (nSPS) is 17.9. The summed E-state index contributed by atoms with van der Waals surface area (Å²) < 4.78 is 1.68. The van der Waals surface area contributed by atoms with Crippen LogP contribution in [0.3, 0.4) is 0 Å². The molecule has 2 aliphatic rings. The van der Waals surface area contributed by atoms with Gasteiger partial charge in [-0.1, -0.05) is 6.58 Å². The van der Waals surface area contributed by atoms with Crippen LogP contribution in [0.25, 0.3) is 11.5 Å². The van der Waals surface area contributed by atoms with Crippen molar-refractivity contribution in [2.45, 2.75) is 19.4 Å². The monoisotopic (exact) mass is 349 g/mol. The zero-order valence-corrected chi connectivity index (χ0v) is 14.7. The maximum absolute atomic E-state index is 6.18. The number of fused-ring (bicyclic) bond motifs is 1. The fraction of sp³-hybridized carbons (Fsp3) is 0.263. The fourth-order valence-electron chi connectivity index (χ4n) is 3.38. The number of pyridine rings is 1. The summed E-state index contributed by atoms with van der Waals surface area (Å²) in [4.78, 5) is 8.43. The number of hydrogen-bond acceptors (Lipinski definition) is 6. The smallest absolute Gasteiger partial charge is 0.124 e. The number of anilines is 1. The summed E-state index contributed by atoms with van der Waals surface area (Å²) in [6.07, 6.45) is 11.5. The van der Waals surface area contributed by atoms with E-state index in [4.69, 9.17) is 11.5 Å². The second kappa shape index (κ2) is 6.59. The second-order valence-corrected chi connectivity index (χ2v) is 6.56. The van der Waals surface area contributed by atoms with Crippen molar-refractivity contribution in [3.63, 3.8) is 0 Å². The molecule has 0 aromatic carbocycles. The summed E-state index contributed by atoms with van der Waals surface area (Å²) in [7, 11) is 0. The maximum atomic E-state index is 6.18. The number of rotatable bonds is 4. The average molecular weight is 349 g/mol. The molecule has 134 valence electrons. The lowest BCUT2D eigenvalue weighted by molar-refractivity contribution is 0.421. The molecule has 1 saturated heterocycles. The molecule has 0 saturated carbocycles. The molecular formula is C19H23N7. The van der Waals surface area contributed by atoms with Crippen LogP contribution >= 0.6 is 0 Å². The highest BCUT2D eigenvalue weighted by Gasteiger charge is 2.27. The lowest BCUT2D eigenvalue weighted by atomic mass is 10.2. The molecule has 0 spiro atoms. The van der Waals surface area contributed by atoms with E-state index < -0.39 is 0 Å². The van der Waals surface area contributed by atoms with Crippen molar-refractivity contribution >= 4 is 17.2 Å². The van der Waals surface area contributed by atoms with Gasteiger partial charge in [0, 0.05) is 36.7 Å². The molecule has 2 aromatic rings. The molecular weight excluding hydrogens is 326 g/mol. The van der Waals surface area contributed by atoms with Crippen molar-refractivity contribution < 1.29 is 0 Å². The van der Waals surface area contributed by atoms with Crippen LogP contribution in [-0.2, 0) is 6.54 Å². The Morgan fingerprint density at radius 1 is 1.15 bits per heavy atom. The molecule has 2 aliphatic heterocycles. The van der Waals surface area contributed by atoms with Crippen LogP contribution in [0.1, 0.15) is 24.1 Å². The van der Waals surface area contributed by atoms with E-state index in [0.29, 0.717) is 12.4 Å². The molecule has 26 heavy (non-hydrogen) atoms. The van der Waals surface area contributed by atoms with Gasteiger partial charge in [-0.25, -0.2) is 4.68 Å². The van der Waals surface area contributed by atoms with Gasteiger partial charge in [0.1, 0.15) is 5.82 Å². The third-order valence-corrected chi connectivity index (χ3v) is 4.85. The predicted octanol–water partition coefficient (Wildman–Crippen LogP) is 1.92. The van der Waals surface area contributed by atoms with Gasteiger partial charge in [-0.05, 0) is 37.1 Å². The Bertz CT molecular complexity index is 873. The molecule has 0 bridgehead atoms. The SMILES string of the molecule is C=C1c2cn(/C(N)=C/C=C(\N)N3CCCC3)nc2CN1c1cccnc1. The molecule has 0 radical (unpaired) electrons. The molecule has 2 aromatic heterocycles. The molecule has 7 heteroatoms. The second-order valence-electron chi connectivity index (χ2n) is 6.56. The molecule has 0 atom stereocenters. The molecule has 7 nitrogen and oxygen atoms in total. The Kier molecular flexibility index (Phi) is 4.12. The van der Waals surface area contributed by atoms with E-state index in [1.165, 1.54) is 12.8 Å². The maximum Gasteiger partial charge on any atom is 0.124 e. The van der Waals surface area contributed by atoms with Gasteiger partial charge >= 0.3 is 0 Å². The van der Waals surface area contributed by atoms with E-state index in [9.17, 15) is 0 Å². The van der Waals surface area contributed by atoms with E-state index in [1.54, 1.807) is 17.0 Å². The van der Waals surface area contributed by atoms with Crippen molar-refractivity contribution in [2.24, 2.45) is 11.5 Å².